The van der Waals surface area contributed by atoms with Crippen LogP contribution in [0.5, 0.6) is 0 Å². The van der Waals surface area contributed by atoms with Crippen molar-refractivity contribution in [2.75, 3.05) is 18.4 Å². The smallest absolute Gasteiger partial charge is 0.410 e. The largest absolute Gasteiger partial charge is 0.445 e. The Morgan fingerprint density at radius 1 is 1.27 bits per heavy atom. The minimum Gasteiger partial charge on any atom is -0.445 e. The lowest BCUT2D eigenvalue weighted by Crippen LogP contribution is -2.31. The Labute approximate surface area is 155 Å². The fourth-order valence-corrected chi connectivity index (χ4v) is 3.23. The second-order valence-corrected chi connectivity index (χ2v) is 6.65. The number of anilines is 1. The van der Waals surface area contributed by atoms with Crippen LogP contribution < -0.4 is 5.32 Å². The van der Waals surface area contributed by atoms with Crippen LogP contribution in [0.25, 0.3) is 0 Å². The molecular formula is C21H27N3O2. The highest BCUT2D eigenvalue weighted by Gasteiger charge is 2.31. The van der Waals surface area contributed by atoms with Gasteiger partial charge >= 0.3 is 6.09 Å². The zero-order chi connectivity index (χ0) is 18.2. The minimum atomic E-state index is -0.249. The third-order valence-corrected chi connectivity index (χ3v) is 4.70. The summed E-state index contributed by atoms with van der Waals surface area (Å²) in [5.41, 5.74) is 2.07. The van der Waals surface area contributed by atoms with Gasteiger partial charge in [0.05, 0.1) is 6.04 Å². The number of amides is 1. The molecule has 1 aliphatic rings. The molecule has 1 aliphatic heterocycles. The quantitative estimate of drug-likeness (QED) is 0.729. The van der Waals surface area contributed by atoms with E-state index in [1.807, 2.05) is 47.5 Å². The first kappa shape index (κ1) is 18.2. The van der Waals surface area contributed by atoms with Gasteiger partial charge < -0.3 is 15.0 Å². The lowest BCUT2D eigenvalue weighted by Gasteiger charge is -2.24. The van der Waals surface area contributed by atoms with Gasteiger partial charge in [0.1, 0.15) is 12.4 Å². The number of aromatic nitrogens is 1. The molecule has 1 N–H and O–H groups in total. The second-order valence-electron chi connectivity index (χ2n) is 6.65. The van der Waals surface area contributed by atoms with E-state index in [0.717, 1.165) is 55.7 Å². The van der Waals surface area contributed by atoms with Crippen LogP contribution in [0.4, 0.5) is 10.6 Å². The van der Waals surface area contributed by atoms with Crippen LogP contribution in [-0.4, -0.2) is 29.1 Å². The maximum Gasteiger partial charge on any atom is 0.410 e. The summed E-state index contributed by atoms with van der Waals surface area (Å²) in [4.78, 5) is 18.8. The van der Waals surface area contributed by atoms with Gasteiger partial charge in [-0.25, -0.2) is 9.78 Å². The molecule has 2 heterocycles. The molecule has 2 aromatic rings. The molecular weight excluding hydrogens is 326 g/mol. The van der Waals surface area contributed by atoms with Crippen molar-refractivity contribution >= 4 is 11.9 Å². The van der Waals surface area contributed by atoms with Crippen LogP contribution in [0.3, 0.4) is 0 Å². The van der Waals surface area contributed by atoms with Crippen LogP contribution >= 0.6 is 0 Å². The van der Waals surface area contributed by atoms with Gasteiger partial charge in [-0.2, -0.15) is 0 Å². The van der Waals surface area contributed by atoms with Gasteiger partial charge in [0.2, 0.25) is 0 Å². The first-order valence-electron chi connectivity index (χ1n) is 9.45. The summed E-state index contributed by atoms with van der Waals surface area (Å²) in [6.07, 6.45) is 5.86. The van der Waals surface area contributed by atoms with Gasteiger partial charge in [-0.05, 0) is 36.5 Å². The average Bonchev–Trinajstić information content (AvgIpc) is 3.18. The van der Waals surface area contributed by atoms with Crippen molar-refractivity contribution in [3.63, 3.8) is 0 Å². The molecule has 1 fully saturated rings. The van der Waals surface area contributed by atoms with E-state index in [1.165, 1.54) is 0 Å². The number of hydrogen-bond acceptors (Lipinski definition) is 4. The van der Waals surface area contributed by atoms with E-state index in [-0.39, 0.29) is 12.1 Å². The first-order valence-corrected chi connectivity index (χ1v) is 9.45. The zero-order valence-corrected chi connectivity index (χ0v) is 15.4. The number of hydrogen-bond donors (Lipinski definition) is 1. The normalized spacial score (nSPS) is 16.5. The monoisotopic (exact) mass is 353 g/mol. The summed E-state index contributed by atoms with van der Waals surface area (Å²) in [5.74, 6) is 0.887. The lowest BCUT2D eigenvalue weighted by atomic mass is 10.1. The minimum absolute atomic E-state index is 0.0514. The van der Waals surface area contributed by atoms with Crippen molar-refractivity contribution in [1.82, 2.24) is 9.88 Å². The molecule has 3 rings (SSSR count). The van der Waals surface area contributed by atoms with E-state index in [1.54, 1.807) is 0 Å². The predicted octanol–water partition coefficient (Wildman–Crippen LogP) is 4.77. The Morgan fingerprint density at radius 3 is 2.85 bits per heavy atom. The molecule has 0 unspecified atom stereocenters. The fourth-order valence-electron chi connectivity index (χ4n) is 3.23. The molecule has 0 spiro atoms. The molecule has 1 amide bonds. The number of nitrogens with one attached hydrogen (secondary N) is 1. The van der Waals surface area contributed by atoms with E-state index in [9.17, 15) is 4.79 Å². The predicted molar refractivity (Wildman–Crippen MR) is 103 cm³/mol. The molecule has 0 radical (unpaired) electrons. The SMILES string of the molecule is CCCCNc1ccc([C@@H]2CCCN2C(=O)OCc2ccccc2)cn1. The van der Waals surface area contributed by atoms with Crippen LogP contribution in [-0.2, 0) is 11.3 Å². The molecule has 138 valence electrons. The first-order chi connectivity index (χ1) is 12.8. The molecule has 0 bridgehead atoms. The maximum absolute atomic E-state index is 12.5. The van der Waals surface area contributed by atoms with Crippen LogP contribution in [0.15, 0.2) is 48.7 Å². The summed E-state index contributed by atoms with van der Waals surface area (Å²) in [7, 11) is 0. The molecule has 1 atom stereocenters. The van der Waals surface area contributed by atoms with E-state index in [4.69, 9.17) is 4.74 Å². The summed E-state index contributed by atoms with van der Waals surface area (Å²) in [6.45, 7) is 4.14. The van der Waals surface area contributed by atoms with Crippen molar-refractivity contribution in [1.29, 1.82) is 0 Å². The summed E-state index contributed by atoms with van der Waals surface area (Å²) in [5, 5.41) is 3.32. The molecule has 26 heavy (non-hydrogen) atoms. The number of rotatable bonds is 7. The van der Waals surface area contributed by atoms with E-state index in [0.29, 0.717) is 6.61 Å². The topological polar surface area (TPSA) is 54.5 Å². The molecule has 1 aromatic heterocycles. The molecule has 5 nitrogen and oxygen atoms in total. The summed E-state index contributed by atoms with van der Waals surface area (Å²) in [6, 6.07) is 13.9. The van der Waals surface area contributed by atoms with Crippen molar-refractivity contribution in [2.45, 2.75) is 45.3 Å². The van der Waals surface area contributed by atoms with E-state index < -0.39 is 0 Å². The maximum atomic E-state index is 12.5. The number of carbonyl (C=O) groups is 1. The molecule has 0 aliphatic carbocycles. The number of unbranched alkanes of at least 4 members (excludes halogenated alkanes) is 1. The van der Waals surface area contributed by atoms with Crippen molar-refractivity contribution in [3.05, 3.63) is 59.8 Å². The Morgan fingerprint density at radius 2 is 2.12 bits per heavy atom. The van der Waals surface area contributed by atoms with Gasteiger partial charge in [0.25, 0.3) is 0 Å². The van der Waals surface area contributed by atoms with Gasteiger partial charge in [-0.3, -0.25) is 0 Å². The van der Waals surface area contributed by atoms with Crippen LogP contribution in [0, 0.1) is 0 Å². The lowest BCUT2D eigenvalue weighted by molar-refractivity contribution is 0.0920. The number of likely N-dealkylation sites (tertiary alicyclic amines) is 1. The van der Waals surface area contributed by atoms with Gasteiger partial charge in [-0.1, -0.05) is 49.7 Å². The Kier molecular flexibility index (Phi) is 6.47. The van der Waals surface area contributed by atoms with Crippen molar-refractivity contribution < 1.29 is 9.53 Å². The summed E-state index contributed by atoms with van der Waals surface area (Å²) < 4.78 is 5.51. The highest BCUT2D eigenvalue weighted by molar-refractivity contribution is 5.68. The zero-order valence-electron chi connectivity index (χ0n) is 15.4. The molecule has 1 aromatic carbocycles. The average molecular weight is 353 g/mol. The number of benzene rings is 1. The van der Waals surface area contributed by atoms with Crippen molar-refractivity contribution in [3.8, 4) is 0 Å². The molecule has 1 saturated heterocycles. The Hall–Kier alpha value is -2.56. The highest BCUT2D eigenvalue weighted by Crippen LogP contribution is 2.32. The van der Waals surface area contributed by atoms with E-state index >= 15 is 0 Å². The summed E-state index contributed by atoms with van der Waals surface area (Å²) >= 11 is 0. The van der Waals surface area contributed by atoms with Gasteiger partial charge in [-0.15, -0.1) is 0 Å². The van der Waals surface area contributed by atoms with Gasteiger partial charge in [0.15, 0.2) is 0 Å². The standard InChI is InChI=1S/C21H27N3O2/c1-2-3-13-22-20-12-11-18(15-23-20)19-10-7-14-24(19)21(25)26-16-17-8-5-4-6-9-17/h4-6,8-9,11-12,15,19H,2-3,7,10,13-14,16H2,1H3,(H,22,23)/t19-/m0/s1. The number of nitrogens with zero attached hydrogens (tertiary/aromatic N) is 2. The second kappa shape index (κ2) is 9.22. The Balaban J connectivity index is 1.57. The fraction of sp³-hybridized carbons (Fsp3) is 0.429. The molecule has 0 saturated carbocycles. The van der Waals surface area contributed by atoms with Crippen LogP contribution in [0.2, 0.25) is 0 Å². The van der Waals surface area contributed by atoms with Crippen LogP contribution in [0.1, 0.15) is 49.8 Å². The molecule has 5 heteroatoms. The number of pyridine rings is 1. The number of carbonyl (C=O) groups excluding carboxylic acids is 1. The van der Waals surface area contributed by atoms with Crippen molar-refractivity contribution in [2.24, 2.45) is 0 Å². The third kappa shape index (κ3) is 4.75. The van der Waals surface area contributed by atoms with E-state index in [2.05, 4.69) is 23.3 Å². The van der Waals surface area contributed by atoms with Gasteiger partial charge in [0, 0.05) is 19.3 Å². The number of ether oxygens (including phenoxy) is 1. The Bertz CT molecular complexity index is 688. The highest BCUT2D eigenvalue weighted by atomic mass is 16.6. The third-order valence-electron chi connectivity index (χ3n) is 4.70.